The summed E-state index contributed by atoms with van der Waals surface area (Å²) in [6.07, 6.45) is 0.691. The predicted octanol–water partition coefficient (Wildman–Crippen LogP) is 2.71. The van der Waals surface area contributed by atoms with Crippen molar-refractivity contribution in [3.8, 4) is 0 Å². The molecule has 21 heavy (non-hydrogen) atoms. The van der Waals surface area contributed by atoms with E-state index in [1.807, 2.05) is 32.0 Å². The van der Waals surface area contributed by atoms with Crippen LogP contribution in [-0.4, -0.2) is 15.7 Å². The fraction of sp³-hybridized carbons (Fsp3) is 0.333. The third-order valence-corrected chi connectivity index (χ3v) is 3.64. The molecule has 0 saturated carbocycles. The lowest BCUT2D eigenvalue weighted by Gasteiger charge is -2.15. The quantitative estimate of drug-likeness (QED) is 0.912. The lowest BCUT2D eigenvalue weighted by molar-refractivity contribution is 0.0931. The largest absolute Gasteiger partial charge is 0.395 e. The molecular formula is C15H19ClN4O. The Morgan fingerprint density at radius 2 is 2.24 bits per heavy atom. The van der Waals surface area contributed by atoms with Crippen LogP contribution in [0.1, 0.15) is 41.6 Å². The molecule has 112 valence electrons. The SMILES string of the molecule is CCc1nn(C)c(C(=O)NC(C)c2cccc(Cl)c2)c1N. The van der Waals surface area contributed by atoms with Gasteiger partial charge >= 0.3 is 0 Å². The van der Waals surface area contributed by atoms with Crippen molar-refractivity contribution in [2.24, 2.45) is 7.05 Å². The van der Waals surface area contributed by atoms with Crippen molar-refractivity contribution >= 4 is 23.2 Å². The summed E-state index contributed by atoms with van der Waals surface area (Å²) >= 11 is 5.97. The van der Waals surface area contributed by atoms with Crippen LogP contribution in [0.25, 0.3) is 0 Å². The molecular weight excluding hydrogens is 288 g/mol. The van der Waals surface area contributed by atoms with Gasteiger partial charge in [-0.15, -0.1) is 0 Å². The zero-order valence-electron chi connectivity index (χ0n) is 12.4. The van der Waals surface area contributed by atoms with Crippen molar-refractivity contribution in [3.05, 3.63) is 46.2 Å². The summed E-state index contributed by atoms with van der Waals surface area (Å²) in [6.45, 7) is 3.85. The van der Waals surface area contributed by atoms with Gasteiger partial charge in [0.15, 0.2) is 0 Å². The molecule has 0 spiro atoms. The molecule has 0 saturated heterocycles. The minimum absolute atomic E-state index is 0.171. The topological polar surface area (TPSA) is 72.9 Å². The van der Waals surface area contributed by atoms with Crippen molar-refractivity contribution in [2.45, 2.75) is 26.3 Å². The summed E-state index contributed by atoms with van der Waals surface area (Å²) in [4.78, 5) is 12.4. The molecule has 1 amide bonds. The molecule has 6 heteroatoms. The average molecular weight is 307 g/mol. The van der Waals surface area contributed by atoms with Crippen molar-refractivity contribution in [1.82, 2.24) is 15.1 Å². The first-order valence-electron chi connectivity index (χ1n) is 6.81. The van der Waals surface area contributed by atoms with Crippen LogP contribution in [-0.2, 0) is 13.5 Å². The fourth-order valence-electron chi connectivity index (χ4n) is 2.25. The van der Waals surface area contributed by atoms with E-state index in [4.69, 9.17) is 17.3 Å². The van der Waals surface area contributed by atoms with Crippen LogP contribution < -0.4 is 11.1 Å². The van der Waals surface area contributed by atoms with Crippen LogP contribution >= 0.6 is 11.6 Å². The van der Waals surface area contributed by atoms with Crippen LogP contribution in [0.4, 0.5) is 5.69 Å². The lowest BCUT2D eigenvalue weighted by atomic mass is 10.1. The molecule has 3 N–H and O–H groups in total. The van der Waals surface area contributed by atoms with Crippen LogP contribution in [0.3, 0.4) is 0 Å². The van der Waals surface area contributed by atoms with Gasteiger partial charge in [-0.25, -0.2) is 0 Å². The molecule has 1 aromatic heterocycles. The van der Waals surface area contributed by atoms with E-state index >= 15 is 0 Å². The minimum Gasteiger partial charge on any atom is -0.395 e. The maximum Gasteiger partial charge on any atom is 0.272 e. The molecule has 1 aromatic carbocycles. The number of nitrogen functional groups attached to an aromatic ring is 1. The number of amides is 1. The molecule has 5 nitrogen and oxygen atoms in total. The van der Waals surface area contributed by atoms with Crippen LogP contribution in [0.5, 0.6) is 0 Å². The van der Waals surface area contributed by atoms with Crippen molar-refractivity contribution in [2.75, 3.05) is 5.73 Å². The Balaban J connectivity index is 2.20. The van der Waals surface area contributed by atoms with E-state index < -0.39 is 0 Å². The summed E-state index contributed by atoms with van der Waals surface area (Å²) in [7, 11) is 1.72. The number of nitrogens with one attached hydrogen (secondary N) is 1. The highest BCUT2D eigenvalue weighted by Gasteiger charge is 2.20. The molecule has 0 aliphatic heterocycles. The Hall–Kier alpha value is -2.01. The molecule has 1 unspecified atom stereocenters. The summed E-state index contributed by atoms with van der Waals surface area (Å²) in [6, 6.07) is 7.23. The van der Waals surface area contributed by atoms with Gasteiger partial charge in [0, 0.05) is 12.1 Å². The van der Waals surface area contributed by atoms with Gasteiger partial charge in [0.25, 0.3) is 5.91 Å². The first-order valence-corrected chi connectivity index (χ1v) is 7.19. The van der Waals surface area contributed by atoms with Gasteiger partial charge < -0.3 is 11.1 Å². The number of hydrogen-bond acceptors (Lipinski definition) is 3. The molecule has 0 fully saturated rings. The Bertz CT molecular complexity index is 666. The van der Waals surface area contributed by atoms with E-state index in [1.165, 1.54) is 4.68 Å². The van der Waals surface area contributed by atoms with Crippen molar-refractivity contribution in [1.29, 1.82) is 0 Å². The van der Waals surface area contributed by atoms with Crippen LogP contribution in [0, 0.1) is 0 Å². The number of rotatable bonds is 4. The molecule has 0 aliphatic carbocycles. The van der Waals surface area contributed by atoms with Gasteiger partial charge in [0.05, 0.1) is 17.4 Å². The Morgan fingerprint density at radius 1 is 1.52 bits per heavy atom. The lowest BCUT2D eigenvalue weighted by Crippen LogP contribution is -2.29. The molecule has 2 aromatic rings. The van der Waals surface area contributed by atoms with E-state index in [9.17, 15) is 4.79 Å². The Labute approximate surface area is 129 Å². The summed E-state index contributed by atoms with van der Waals surface area (Å²) in [5, 5.41) is 7.81. The normalized spacial score (nSPS) is 12.2. The number of anilines is 1. The second-order valence-electron chi connectivity index (χ2n) is 4.94. The Kier molecular flexibility index (Phi) is 4.53. The highest BCUT2D eigenvalue weighted by molar-refractivity contribution is 6.30. The number of benzene rings is 1. The third kappa shape index (κ3) is 3.19. The van der Waals surface area contributed by atoms with Gasteiger partial charge in [0.1, 0.15) is 5.69 Å². The first-order chi connectivity index (χ1) is 9.93. The number of halogens is 1. The number of nitrogens with two attached hydrogens (primary N) is 1. The van der Waals surface area contributed by atoms with E-state index in [0.717, 1.165) is 11.3 Å². The van der Waals surface area contributed by atoms with Gasteiger partial charge in [-0.3, -0.25) is 9.48 Å². The van der Waals surface area contributed by atoms with E-state index in [1.54, 1.807) is 13.1 Å². The summed E-state index contributed by atoms with van der Waals surface area (Å²) in [5.74, 6) is -0.241. The molecule has 1 heterocycles. The maximum atomic E-state index is 12.4. The number of carbonyl (C=O) groups excluding carboxylic acids is 1. The maximum absolute atomic E-state index is 12.4. The van der Waals surface area contributed by atoms with Gasteiger partial charge in [-0.2, -0.15) is 5.10 Å². The second kappa shape index (κ2) is 6.18. The molecule has 1 atom stereocenters. The van der Waals surface area contributed by atoms with Crippen LogP contribution in [0.15, 0.2) is 24.3 Å². The molecule has 0 radical (unpaired) electrons. The molecule has 0 aliphatic rings. The minimum atomic E-state index is -0.241. The number of hydrogen-bond donors (Lipinski definition) is 2. The smallest absolute Gasteiger partial charge is 0.272 e. The third-order valence-electron chi connectivity index (χ3n) is 3.41. The number of nitrogens with zero attached hydrogens (tertiary/aromatic N) is 2. The van der Waals surface area contributed by atoms with Crippen molar-refractivity contribution in [3.63, 3.8) is 0 Å². The summed E-state index contributed by atoms with van der Waals surface area (Å²) < 4.78 is 1.52. The molecule has 0 bridgehead atoms. The zero-order chi connectivity index (χ0) is 15.6. The van der Waals surface area contributed by atoms with E-state index in [0.29, 0.717) is 22.8 Å². The average Bonchev–Trinajstić information content (AvgIpc) is 2.73. The standard InChI is InChI=1S/C15H19ClN4O/c1-4-12-13(17)14(20(3)19-12)15(21)18-9(2)10-6-5-7-11(16)8-10/h5-9H,4,17H2,1-3H3,(H,18,21). The number of aromatic nitrogens is 2. The number of carbonyl (C=O) groups is 1. The Morgan fingerprint density at radius 3 is 2.81 bits per heavy atom. The van der Waals surface area contributed by atoms with Crippen molar-refractivity contribution < 1.29 is 4.79 Å². The predicted molar refractivity (Wildman–Crippen MR) is 84.3 cm³/mol. The number of aryl methyl sites for hydroxylation is 2. The van der Waals surface area contributed by atoms with E-state index in [2.05, 4.69) is 10.4 Å². The van der Waals surface area contributed by atoms with E-state index in [-0.39, 0.29) is 11.9 Å². The highest BCUT2D eigenvalue weighted by Crippen LogP contribution is 2.20. The van der Waals surface area contributed by atoms with Gasteiger partial charge in [-0.05, 0) is 31.0 Å². The monoisotopic (exact) mass is 306 g/mol. The van der Waals surface area contributed by atoms with Crippen LogP contribution in [0.2, 0.25) is 5.02 Å². The first kappa shape index (κ1) is 15.4. The van der Waals surface area contributed by atoms with Gasteiger partial charge in [0.2, 0.25) is 0 Å². The molecule has 2 rings (SSSR count). The second-order valence-corrected chi connectivity index (χ2v) is 5.37. The van der Waals surface area contributed by atoms with Gasteiger partial charge in [-0.1, -0.05) is 30.7 Å². The highest BCUT2D eigenvalue weighted by atomic mass is 35.5. The zero-order valence-corrected chi connectivity index (χ0v) is 13.1. The summed E-state index contributed by atoms with van der Waals surface area (Å²) in [5.41, 5.74) is 8.49. The fourth-order valence-corrected chi connectivity index (χ4v) is 2.45.